The summed E-state index contributed by atoms with van der Waals surface area (Å²) in [6, 6.07) is 12.6. The second kappa shape index (κ2) is 4.58. The maximum Gasteiger partial charge on any atom is 0.139 e. The number of nitrogens with one attached hydrogen (secondary N) is 1. The van der Waals surface area contributed by atoms with Crippen LogP contribution in [-0.2, 0) is 0 Å². The van der Waals surface area contributed by atoms with Crippen LogP contribution in [0.1, 0.15) is 5.56 Å². The van der Waals surface area contributed by atoms with Gasteiger partial charge in [-0.15, -0.1) is 0 Å². The molecular formula is C14H7Cl2N3. The van der Waals surface area contributed by atoms with Crippen LogP contribution in [0.3, 0.4) is 0 Å². The molecule has 3 aromatic rings. The fraction of sp³-hybridized carbons (Fsp3) is 0. The van der Waals surface area contributed by atoms with E-state index in [1.807, 2.05) is 6.07 Å². The highest BCUT2D eigenvalue weighted by Crippen LogP contribution is 2.29. The Labute approximate surface area is 119 Å². The number of benzene rings is 2. The van der Waals surface area contributed by atoms with Crippen LogP contribution in [0.4, 0.5) is 0 Å². The van der Waals surface area contributed by atoms with Crippen LogP contribution in [0, 0.1) is 11.3 Å². The first-order valence-electron chi connectivity index (χ1n) is 5.52. The molecule has 0 spiro atoms. The summed E-state index contributed by atoms with van der Waals surface area (Å²) in [4.78, 5) is 7.61. The predicted octanol–water partition coefficient (Wildman–Crippen LogP) is 4.41. The van der Waals surface area contributed by atoms with E-state index < -0.39 is 0 Å². The molecule has 0 radical (unpaired) electrons. The number of rotatable bonds is 1. The number of H-pyrrole nitrogens is 1. The van der Waals surface area contributed by atoms with E-state index in [0.717, 1.165) is 16.6 Å². The Morgan fingerprint density at radius 1 is 1.11 bits per heavy atom. The van der Waals surface area contributed by atoms with Crippen molar-refractivity contribution in [3.05, 3.63) is 52.0 Å². The topological polar surface area (TPSA) is 52.5 Å². The highest BCUT2D eigenvalue weighted by molar-refractivity contribution is 6.36. The van der Waals surface area contributed by atoms with Crippen LogP contribution in [-0.4, -0.2) is 9.97 Å². The van der Waals surface area contributed by atoms with Crippen molar-refractivity contribution in [3.63, 3.8) is 0 Å². The lowest BCUT2D eigenvalue weighted by Gasteiger charge is -2.00. The highest BCUT2D eigenvalue weighted by atomic mass is 35.5. The summed E-state index contributed by atoms with van der Waals surface area (Å²) in [7, 11) is 0. The SMILES string of the molecule is N#Cc1ccc2nc(-c3ccc(Cl)cc3Cl)[nH]c2c1. The standard InChI is InChI=1S/C14H7Cl2N3/c15-9-2-3-10(11(16)6-9)14-18-12-4-1-8(7-17)5-13(12)19-14/h1-6H,(H,18,19). The van der Waals surface area contributed by atoms with E-state index in [-0.39, 0.29) is 0 Å². The molecule has 0 unspecified atom stereocenters. The second-order valence-corrected chi connectivity index (χ2v) is 4.90. The lowest BCUT2D eigenvalue weighted by molar-refractivity contribution is 1.34. The summed E-state index contributed by atoms with van der Waals surface area (Å²) in [6.07, 6.45) is 0. The molecule has 0 aliphatic carbocycles. The average molecular weight is 288 g/mol. The van der Waals surface area contributed by atoms with E-state index in [0.29, 0.717) is 21.4 Å². The van der Waals surface area contributed by atoms with Crippen LogP contribution in [0.15, 0.2) is 36.4 Å². The van der Waals surface area contributed by atoms with Gasteiger partial charge in [0.05, 0.1) is 27.7 Å². The Bertz CT molecular complexity index is 815. The zero-order valence-electron chi connectivity index (χ0n) is 9.61. The van der Waals surface area contributed by atoms with Crippen LogP contribution in [0.2, 0.25) is 10.0 Å². The van der Waals surface area contributed by atoms with Crippen molar-refractivity contribution in [2.24, 2.45) is 0 Å². The van der Waals surface area contributed by atoms with E-state index in [1.54, 1.807) is 30.3 Å². The van der Waals surface area contributed by atoms with Crippen molar-refractivity contribution in [2.75, 3.05) is 0 Å². The molecule has 2 aromatic carbocycles. The first-order valence-corrected chi connectivity index (χ1v) is 6.28. The molecule has 0 fully saturated rings. The summed E-state index contributed by atoms with van der Waals surface area (Å²) in [5.74, 6) is 0.659. The van der Waals surface area contributed by atoms with Crippen LogP contribution in [0.5, 0.6) is 0 Å². The number of hydrogen-bond donors (Lipinski definition) is 1. The minimum Gasteiger partial charge on any atom is -0.338 e. The molecule has 3 nitrogen and oxygen atoms in total. The largest absolute Gasteiger partial charge is 0.338 e. The fourth-order valence-corrected chi connectivity index (χ4v) is 2.39. The summed E-state index contributed by atoms with van der Waals surface area (Å²) < 4.78 is 0. The highest BCUT2D eigenvalue weighted by Gasteiger charge is 2.09. The minimum absolute atomic E-state index is 0.534. The average Bonchev–Trinajstić information content (AvgIpc) is 2.80. The summed E-state index contributed by atoms with van der Waals surface area (Å²) >= 11 is 12.0. The van der Waals surface area contributed by atoms with Crippen molar-refractivity contribution in [3.8, 4) is 17.5 Å². The number of fused-ring (bicyclic) bond motifs is 1. The number of aromatic amines is 1. The van der Waals surface area contributed by atoms with Gasteiger partial charge >= 0.3 is 0 Å². The smallest absolute Gasteiger partial charge is 0.139 e. The first kappa shape index (κ1) is 12.0. The van der Waals surface area contributed by atoms with Gasteiger partial charge < -0.3 is 4.98 Å². The van der Waals surface area contributed by atoms with Gasteiger partial charge in [0, 0.05) is 10.6 Å². The van der Waals surface area contributed by atoms with E-state index >= 15 is 0 Å². The van der Waals surface area contributed by atoms with Gasteiger partial charge in [-0.2, -0.15) is 5.26 Å². The Balaban J connectivity index is 2.18. The molecule has 0 atom stereocenters. The van der Waals surface area contributed by atoms with Gasteiger partial charge in [-0.1, -0.05) is 23.2 Å². The number of nitriles is 1. The Hall–Kier alpha value is -2.02. The van der Waals surface area contributed by atoms with E-state index in [9.17, 15) is 0 Å². The maximum absolute atomic E-state index is 8.88. The van der Waals surface area contributed by atoms with Gasteiger partial charge in [-0.25, -0.2) is 4.98 Å². The predicted molar refractivity (Wildman–Crippen MR) is 76.3 cm³/mol. The number of halogens is 2. The monoisotopic (exact) mass is 287 g/mol. The van der Waals surface area contributed by atoms with Gasteiger partial charge in [-0.3, -0.25) is 0 Å². The van der Waals surface area contributed by atoms with Crippen LogP contribution in [0.25, 0.3) is 22.4 Å². The molecular weight excluding hydrogens is 281 g/mol. The Morgan fingerprint density at radius 3 is 2.68 bits per heavy atom. The van der Waals surface area contributed by atoms with Crippen LogP contribution < -0.4 is 0 Å². The summed E-state index contributed by atoms with van der Waals surface area (Å²) in [6.45, 7) is 0. The molecule has 0 saturated carbocycles. The quantitative estimate of drug-likeness (QED) is 0.721. The van der Waals surface area contributed by atoms with Gasteiger partial charge in [0.25, 0.3) is 0 Å². The maximum atomic E-state index is 8.88. The van der Waals surface area contributed by atoms with Crippen molar-refractivity contribution in [1.82, 2.24) is 9.97 Å². The molecule has 0 amide bonds. The number of hydrogen-bond acceptors (Lipinski definition) is 2. The molecule has 0 aliphatic heterocycles. The molecule has 5 heteroatoms. The minimum atomic E-state index is 0.534. The molecule has 92 valence electrons. The van der Waals surface area contributed by atoms with Crippen molar-refractivity contribution in [2.45, 2.75) is 0 Å². The normalized spacial score (nSPS) is 10.6. The van der Waals surface area contributed by atoms with Gasteiger partial charge in [0.2, 0.25) is 0 Å². The van der Waals surface area contributed by atoms with Gasteiger partial charge in [0.15, 0.2) is 0 Å². The van der Waals surface area contributed by atoms with E-state index in [4.69, 9.17) is 28.5 Å². The first-order chi connectivity index (χ1) is 9.17. The van der Waals surface area contributed by atoms with E-state index in [1.165, 1.54) is 0 Å². The third kappa shape index (κ3) is 2.17. The molecule has 19 heavy (non-hydrogen) atoms. The van der Waals surface area contributed by atoms with Crippen molar-refractivity contribution >= 4 is 34.2 Å². The fourth-order valence-electron chi connectivity index (χ4n) is 1.89. The van der Waals surface area contributed by atoms with E-state index in [2.05, 4.69) is 16.0 Å². The molecule has 0 saturated heterocycles. The molecule has 1 N–H and O–H groups in total. The molecule has 0 aliphatic rings. The van der Waals surface area contributed by atoms with Gasteiger partial charge in [-0.05, 0) is 36.4 Å². The Kier molecular flexibility index (Phi) is 2.90. The zero-order valence-corrected chi connectivity index (χ0v) is 11.1. The van der Waals surface area contributed by atoms with Crippen molar-refractivity contribution < 1.29 is 0 Å². The lowest BCUT2D eigenvalue weighted by Crippen LogP contribution is -1.81. The van der Waals surface area contributed by atoms with Crippen LogP contribution >= 0.6 is 23.2 Å². The third-order valence-corrected chi connectivity index (χ3v) is 3.35. The molecule has 1 aromatic heterocycles. The van der Waals surface area contributed by atoms with Gasteiger partial charge in [0.1, 0.15) is 5.82 Å². The molecule has 3 rings (SSSR count). The Morgan fingerprint density at radius 2 is 1.95 bits per heavy atom. The number of imidazole rings is 1. The molecule has 0 bridgehead atoms. The number of nitrogens with zero attached hydrogens (tertiary/aromatic N) is 2. The second-order valence-electron chi connectivity index (χ2n) is 4.05. The summed E-state index contributed by atoms with van der Waals surface area (Å²) in [5.41, 5.74) is 2.96. The lowest BCUT2D eigenvalue weighted by atomic mass is 10.2. The summed E-state index contributed by atoms with van der Waals surface area (Å²) in [5, 5.41) is 9.99. The zero-order chi connectivity index (χ0) is 13.4. The van der Waals surface area contributed by atoms with Crippen molar-refractivity contribution in [1.29, 1.82) is 5.26 Å². The number of aromatic nitrogens is 2. The molecule has 1 heterocycles. The third-order valence-electron chi connectivity index (χ3n) is 2.80.